The second-order valence-electron chi connectivity index (χ2n) is 6.60. The molecule has 2 aromatic heterocycles. The Morgan fingerprint density at radius 3 is 2.70 bits per heavy atom. The van der Waals surface area contributed by atoms with Gasteiger partial charge in [0.25, 0.3) is 5.91 Å². The molecule has 0 spiro atoms. The fourth-order valence-electron chi connectivity index (χ4n) is 3.47. The van der Waals surface area contributed by atoms with E-state index in [-0.39, 0.29) is 5.91 Å². The number of benzene rings is 1. The van der Waals surface area contributed by atoms with Gasteiger partial charge < -0.3 is 14.6 Å². The predicted octanol–water partition coefficient (Wildman–Crippen LogP) is 3.93. The van der Waals surface area contributed by atoms with Crippen molar-refractivity contribution in [2.24, 2.45) is 0 Å². The molecule has 0 saturated heterocycles. The van der Waals surface area contributed by atoms with Gasteiger partial charge in [-0.25, -0.2) is 9.97 Å². The van der Waals surface area contributed by atoms with Crippen LogP contribution in [0, 0.1) is 0 Å². The molecule has 1 aromatic carbocycles. The summed E-state index contributed by atoms with van der Waals surface area (Å²) < 4.78 is 7.27. The molecule has 3 aromatic rings. The minimum absolute atomic E-state index is 0.199. The number of imidazole rings is 1. The number of hydrogen-bond donors (Lipinski definition) is 1. The zero-order chi connectivity index (χ0) is 18.6. The van der Waals surface area contributed by atoms with Crippen LogP contribution in [0.4, 0.5) is 5.69 Å². The SMILES string of the molecule is COc1ccc(NC(=O)c2nc(-c3ccccc3)n3c2CCCCC3)cn1. The summed E-state index contributed by atoms with van der Waals surface area (Å²) in [5.74, 6) is 1.18. The highest BCUT2D eigenvalue weighted by atomic mass is 16.5. The van der Waals surface area contributed by atoms with Crippen molar-refractivity contribution in [3.8, 4) is 17.3 Å². The Bertz CT molecular complexity index is 933. The van der Waals surface area contributed by atoms with Crippen LogP contribution in [0.25, 0.3) is 11.4 Å². The second-order valence-corrected chi connectivity index (χ2v) is 6.60. The van der Waals surface area contributed by atoms with Crippen molar-refractivity contribution in [1.29, 1.82) is 0 Å². The maximum absolute atomic E-state index is 13.0. The Hall–Kier alpha value is -3.15. The fraction of sp³-hybridized carbons (Fsp3) is 0.286. The van der Waals surface area contributed by atoms with E-state index in [0.717, 1.165) is 42.9 Å². The van der Waals surface area contributed by atoms with E-state index in [4.69, 9.17) is 9.72 Å². The normalized spacial score (nSPS) is 13.5. The lowest BCUT2D eigenvalue weighted by Gasteiger charge is -2.09. The summed E-state index contributed by atoms with van der Waals surface area (Å²) in [6.07, 6.45) is 5.79. The average Bonchev–Trinajstić information content (AvgIpc) is 2.90. The summed E-state index contributed by atoms with van der Waals surface area (Å²) in [5.41, 5.74) is 3.18. The molecule has 6 nitrogen and oxygen atoms in total. The lowest BCUT2D eigenvalue weighted by molar-refractivity contribution is 0.102. The number of nitrogens with one attached hydrogen (secondary N) is 1. The number of carbonyl (C=O) groups is 1. The molecular formula is C21H22N4O2. The van der Waals surface area contributed by atoms with E-state index in [1.807, 2.05) is 30.3 Å². The van der Waals surface area contributed by atoms with E-state index < -0.39 is 0 Å². The number of nitrogens with zero attached hydrogens (tertiary/aromatic N) is 3. The van der Waals surface area contributed by atoms with Crippen LogP contribution in [-0.2, 0) is 13.0 Å². The van der Waals surface area contributed by atoms with Crippen LogP contribution in [0.15, 0.2) is 48.7 Å². The standard InChI is InChI=1S/C21H22N4O2/c1-27-18-12-11-16(14-22-18)23-21(26)19-17-10-6-3-7-13-25(17)20(24-19)15-8-4-2-5-9-15/h2,4-5,8-9,11-12,14H,3,6-7,10,13H2,1H3,(H,23,26). The Morgan fingerprint density at radius 1 is 1.11 bits per heavy atom. The highest BCUT2D eigenvalue weighted by molar-refractivity contribution is 6.04. The molecule has 27 heavy (non-hydrogen) atoms. The molecule has 0 atom stereocenters. The smallest absolute Gasteiger partial charge is 0.276 e. The van der Waals surface area contributed by atoms with Gasteiger partial charge in [0.15, 0.2) is 0 Å². The molecule has 0 radical (unpaired) electrons. The quantitative estimate of drug-likeness (QED) is 0.763. The maximum Gasteiger partial charge on any atom is 0.276 e. The topological polar surface area (TPSA) is 69.0 Å². The molecule has 0 bridgehead atoms. The van der Waals surface area contributed by atoms with Crippen LogP contribution in [-0.4, -0.2) is 27.6 Å². The van der Waals surface area contributed by atoms with E-state index in [1.54, 1.807) is 25.4 Å². The van der Waals surface area contributed by atoms with Crippen LogP contribution in [0.3, 0.4) is 0 Å². The Morgan fingerprint density at radius 2 is 1.96 bits per heavy atom. The van der Waals surface area contributed by atoms with Crippen LogP contribution in [0.1, 0.15) is 35.4 Å². The van der Waals surface area contributed by atoms with Crippen molar-refractivity contribution < 1.29 is 9.53 Å². The van der Waals surface area contributed by atoms with Crippen molar-refractivity contribution in [2.45, 2.75) is 32.2 Å². The van der Waals surface area contributed by atoms with Crippen molar-refractivity contribution in [3.05, 3.63) is 60.0 Å². The molecule has 0 unspecified atom stereocenters. The van der Waals surface area contributed by atoms with Crippen LogP contribution in [0.5, 0.6) is 5.88 Å². The maximum atomic E-state index is 13.0. The molecule has 6 heteroatoms. The van der Waals surface area contributed by atoms with Crippen LogP contribution >= 0.6 is 0 Å². The van der Waals surface area contributed by atoms with E-state index >= 15 is 0 Å². The molecular weight excluding hydrogens is 340 g/mol. The highest BCUT2D eigenvalue weighted by Crippen LogP contribution is 2.27. The third-order valence-corrected chi connectivity index (χ3v) is 4.82. The van der Waals surface area contributed by atoms with E-state index in [9.17, 15) is 4.79 Å². The summed E-state index contributed by atoms with van der Waals surface area (Å²) in [6.45, 7) is 0.893. The molecule has 3 heterocycles. The molecule has 138 valence electrons. The van der Waals surface area contributed by atoms with E-state index in [2.05, 4.69) is 14.9 Å². The minimum atomic E-state index is -0.199. The fourth-order valence-corrected chi connectivity index (χ4v) is 3.47. The first-order valence-electron chi connectivity index (χ1n) is 9.22. The number of rotatable bonds is 4. The third kappa shape index (κ3) is 3.56. The Balaban J connectivity index is 1.69. The highest BCUT2D eigenvalue weighted by Gasteiger charge is 2.24. The number of pyridine rings is 1. The molecule has 1 N–H and O–H groups in total. The number of methoxy groups -OCH3 is 1. The van der Waals surface area contributed by atoms with Crippen molar-refractivity contribution in [3.63, 3.8) is 0 Å². The summed E-state index contributed by atoms with van der Waals surface area (Å²) >= 11 is 0. The summed E-state index contributed by atoms with van der Waals surface area (Å²) in [4.78, 5) is 21.8. The molecule has 1 amide bonds. The zero-order valence-electron chi connectivity index (χ0n) is 15.3. The molecule has 4 rings (SSSR count). The van der Waals surface area contributed by atoms with Gasteiger partial charge in [-0.2, -0.15) is 0 Å². The minimum Gasteiger partial charge on any atom is -0.481 e. The number of amides is 1. The van der Waals surface area contributed by atoms with Gasteiger partial charge in [-0.3, -0.25) is 4.79 Å². The van der Waals surface area contributed by atoms with Gasteiger partial charge in [0.2, 0.25) is 5.88 Å². The zero-order valence-corrected chi connectivity index (χ0v) is 15.3. The van der Waals surface area contributed by atoms with Gasteiger partial charge in [0.1, 0.15) is 11.5 Å². The molecule has 0 aliphatic carbocycles. The molecule has 0 saturated carbocycles. The van der Waals surface area contributed by atoms with Crippen molar-refractivity contribution >= 4 is 11.6 Å². The molecule has 1 aliphatic heterocycles. The summed E-state index contributed by atoms with van der Waals surface area (Å²) in [7, 11) is 1.56. The molecule has 0 fully saturated rings. The van der Waals surface area contributed by atoms with E-state index in [0.29, 0.717) is 17.3 Å². The predicted molar refractivity (Wildman–Crippen MR) is 104 cm³/mol. The monoisotopic (exact) mass is 362 g/mol. The average molecular weight is 362 g/mol. The first kappa shape index (κ1) is 17.3. The van der Waals surface area contributed by atoms with Crippen LogP contribution < -0.4 is 10.1 Å². The number of carbonyl (C=O) groups excluding carboxylic acids is 1. The van der Waals surface area contributed by atoms with Gasteiger partial charge in [-0.1, -0.05) is 36.8 Å². The number of aromatic nitrogens is 3. The summed E-state index contributed by atoms with van der Waals surface area (Å²) in [5, 5.41) is 2.91. The van der Waals surface area contributed by atoms with E-state index in [1.165, 1.54) is 6.42 Å². The summed E-state index contributed by atoms with van der Waals surface area (Å²) in [6, 6.07) is 13.5. The first-order valence-corrected chi connectivity index (χ1v) is 9.22. The van der Waals surface area contributed by atoms with Gasteiger partial charge in [0.05, 0.1) is 24.7 Å². The van der Waals surface area contributed by atoms with Crippen molar-refractivity contribution in [1.82, 2.24) is 14.5 Å². The first-order chi connectivity index (χ1) is 13.3. The lowest BCUT2D eigenvalue weighted by atomic mass is 10.1. The van der Waals surface area contributed by atoms with Gasteiger partial charge >= 0.3 is 0 Å². The Labute approximate surface area is 158 Å². The van der Waals surface area contributed by atoms with Crippen molar-refractivity contribution in [2.75, 3.05) is 12.4 Å². The largest absolute Gasteiger partial charge is 0.481 e. The van der Waals surface area contributed by atoms with Crippen LogP contribution in [0.2, 0.25) is 0 Å². The molecule has 1 aliphatic rings. The third-order valence-electron chi connectivity index (χ3n) is 4.82. The lowest BCUT2D eigenvalue weighted by Crippen LogP contribution is -2.15. The second kappa shape index (κ2) is 7.61. The van der Waals surface area contributed by atoms with Gasteiger partial charge in [-0.15, -0.1) is 0 Å². The van der Waals surface area contributed by atoms with Gasteiger partial charge in [0, 0.05) is 18.2 Å². The number of ether oxygens (including phenoxy) is 1. The number of hydrogen-bond acceptors (Lipinski definition) is 4. The number of fused-ring (bicyclic) bond motifs is 1. The van der Waals surface area contributed by atoms with Gasteiger partial charge in [-0.05, 0) is 25.3 Å². The number of anilines is 1. The Kier molecular flexibility index (Phi) is 4.87.